The van der Waals surface area contributed by atoms with Gasteiger partial charge in [0.25, 0.3) is 0 Å². The molecule has 0 spiro atoms. The highest BCUT2D eigenvalue weighted by molar-refractivity contribution is 6.30. The number of rotatable bonds is 2. The molecule has 1 aromatic rings. The smallest absolute Gasteiger partial charge is 0.110 e. The molecule has 1 heterocycles. The predicted octanol–water partition coefficient (Wildman–Crippen LogP) is 3.71. The van der Waals surface area contributed by atoms with Gasteiger partial charge in [0, 0.05) is 29.2 Å². The minimum atomic E-state index is 0.278. The van der Waals surface area contributed by atoms with Crippen molar-refractivity contribution in [2.75, 3.05) is 5.32 Å². The highest BCUT2D eigenvalue weighted by Gasteiger charge is 2.16. The zero-order valence-corrected chi connectivity index (χ0v) is 10.1. The Kier molecular flexibility index (Phi) is 3.85. The quantitative estimate of drug-likeness (QED) is 0.788. The summed E-state index contributed by atoms with van der Waals surface area (Å²) in [6.45, 7) is 0. The Balaban J connectivity index is 2.11. The number of amidine groups is 1. The summed E-state index contributed by atoms with van der Waals surface area (Å²) in [4.78, 5) is 4.34. The largest absolute Gasteiger partial charge is 0.343 e. The Morgan fingerprint density at radius 3 is 2.88 bits per heavy atom. The van der Waals surface area contributed by atoms with Crippen molar-refractivity contribution < 1.29 is 0 Å². The summed E-state index contributed by atoms with van der Waals surface area (Å²) in [5.41, 5.74) is 0.977. The minimum absolute atomic E-state index is 0.278. The SMILES string of the molecule is C#CCC1CC=CN=C1Nc1ccc(Cl)cc1. The third-order valence-corrected chi connectivity index (χ3v) is 2.86. The van der Waals surface area contributed by atoms with Crippen LogP contribution in [0.15, 0.2) is 41.5 Å². The minimum Gasteiger partial charge on any atom is -0.343 e. The van der Waals surface area contributed by atoms with Gasteiger partial charge in [-0.3, -0.25) is 0 Å². The molecule has 1 aliphatic heterocycles. The van der Waals surface area contributed by atoms with Crippen LogP contribution in [0.1, 0.15) is 12.8 Å². The third kappa shape index (κ3) is 3.12. The van der Waals surface area contributed by atoms with Gasteiger partial charge in [-0.2, -0.15) is 0 Å². The third-order valence-electron chi connectivity index (χ3n) is 2.61. The molecule has 1 aliphatic rings. The lowest BCUT2D eigenvalue weighted by molar-refractivity contribution is 0.717. The van der Waals surface area contributed by atoms with Gasteiger partial charge in [0.15, 0.2) is 0 Å². The number of allylic oxidation sites excluding steroid dienone is 1. The summed E-state index contributed by atoms with van der Waals surface area (Å²) in [6.07, 6.45) is 10.8. The van der Waals surface area contributed by atoms with Crippen molar-refractivity contribution in [3.05, 3.63) is 41.6 Å². The van der Waals surface area contributed by atoms with E-state index < -0.39 is 0 Å². The van der Waals surface area contributed by atoms with Gasteiger partial charge in [-0.15, -0.1) is 12.3 Å². The molecule has 0 fully saturated rings. The Labute approximate surface area is 106 Å². The van der Waals surface area contributed by atoms with Gasteiger partial charge in [0.05, 0.1) is 0 Å². The second-order valence-electron chi connectivity index (χ2n) is 3.87. The number of hydrogen-bond acceptors (Lipinski definition) is 2. The van der Waals surface area contributed by atoms with Crippen molar-refractivity contribution in [2.45, 2.75) is 12.8 Å². The molecule has 2 nitrogen and oxygen atoms in total. The Bertz CT molecular complexity index is 480. The van der Waals surface area contributed by atoms with Gasteiger partial charge in [0.1, 0.15) is 5.84 Å². The number of benzene rings is 1. The first-order chi connectivity index (χ1) is 8.29. The number of terminal acetylenes is 1. The van der Waals surface area contributed by atoms with Gasteiger partial charge >= 0.3 is 0 Å². The molecule has 1 aromatic carbocycles. The summed E-state index contributed by atoms with van der Waals surface area (Å²) in [7, 11) is 0. The molecule has 3 heteroatoms. The van der Waals surface area contributed by atoms with Crippen LogP contribution >= 0.6 is 11.6 Å². The molecule has 0 radical (unpaired) electrons. The van der Waals surface area contributed by atoms with Crippen LogP contribution in [0.5, 0.6) is 0 Å². The lowest BCUT2D eigenvalue weighted by atomic mass is 9.98. The Hall–Kier alpha value is -1.72. The van der Waals surface area contributed by atoms with Crippen molar-refractivity contribution in [1.82, 2.24) is 0 Å². The molecule has 1 atom stereocenters. The van der Waals surface area contributed by atoms with Gasteiger partial charge < -0.3 is 5.32 Å². The first-order valence-corrected chi connectivity index (χ1v) is 5.86. The maximum atomic E-state index is 5.84. The molecule has 1 unspecified atom stereocenters. The maximum absolute atomic E-state index is 5.84. The molecule has 0 saturated heterocycles. The van der Waals surface area contributed by atoms with Gasteiger partial charge in [-0.1, -0.05) is 17.7 Å². The summed E-state index contributed by atoms with van der Waals surface area (Å²) < 4.78 is 0. The van der Waals surface area contributed by atoms with Gasteiger partial charge in [-0.05, 0) is 30.7 Å². The summed E-state index contributed by atoms with van der Waals surface area (Å²) in [6, 6.07) is 7.55. The maximum Gasteiger partial charge on any atom is 0.110 e. The van der Waals surface area contributed by atoms with Crippen LogP contribution in [0.3, 0.4) is 0 Å². The van der Waals surface area contributed by atoms with E-state index in [2.05, 4.69) is 16.2 Å². The van der Waals surface area contributed by atoms with Crippen LogP contribution in [0, 0.1) is 18.3 Å². The number of anilines is 1. The molecular weight excluding hydrogens is 232 g/mol. The number of aliphatic imine (C=N–C) groups is 1. The van der Waals surface area contributed by atoms with Crippen molar-refractivity contribution in [3.63, 3.8) is 0 Å². The first-order valence-electron chi connectivity index (χ1n) is 5.48. The van der Waals surface area contributed by atoms with E-state index in [1.807, 2.05) is 36.5 Å². The van der Waals surface area contributed by atoms with Gasteiger partial charge in [0.2, 0.25) is 0 Å². The average Bonchev–Trinajstić information content (AvgIpc) is 2.35. The molecule has 0 amide bonds. The predicted molar refractivity (Wildman–Crippen MR) is 73.2 cm³/mol. The van der Waals surface area contributed by atoms with Crippen LogP contribution in [0.4, 0.5) is 5.69 Å². The number of nitrogens with zero attached hydrogens (tertiary/aromatic N) is 1. The van der Waals surface area contributed by atoms with E-state index >= 15 is 0 Å². The van der Waals surface area contributed by atoms with E-state index in [-0.39, 0.29) is 5.92 Å². The summed E-state index contributed by atoms with van der Waals surface area (Å²) in [5, 5.41) is 4.01. The topological polar surface area (TPSA) is 24.4 Å². The van der Waals surface area contributed by atoms with Crippen molar-refractivity contribution in [2.24, 2.45) is 10.9 Å². The van der Waals surface area contributed by atoms with E-state index in [1.54, 1.807) is 0 Å². The molecule has 2 rings (SSSR count). The summed E-state index contributed by atoms with van der Waals surface area (Å²) >= 11 is 5.84. The van der Waals surface area contributed by atoms with E-state index in [1.165, 1.54) is 0 Å². The molecule has 17 heavy (non-hydrogen) atoms. The normalized spacial score (nSPS) is 18.4. The second-order valence-corrected chi connectivity index (χ2v) is 4.31. The molecule has 1 N–H and O–H groups in total. The lowest BCUT2D eigenvalue weighted by Crippen LogP contribution is -2.23. The highest BCUT2D eigenvalue weighted by atomic mass is 35.5. The average molecular weight is 245 g/mol. The summed E-state index contributed by atoms with van der Waals surface area (Å²) in [5.74, 6) is 3.89. The molecular formula is C14H13ClN2. The molecule has 0 saturated carbocycles. The highest BCUT2D eigenvalue weighted by Crippen LogP contribution is 2.19. The van der Waals surface area contributed by atoms with Crippen LogP contribution in [-0.2, 0) is 0 Å². The molecule has 0 bridgehead atoms. The van der Waals surface area contributed by atoms with Crippen LogP contribution in [0.2, 0.25) is 5.02 Å². The molecule has 0 aromatic heterocycles. The van der Waals surface area contributed by atoms with Crippen molar-refractivity contribution in [1.29, 1.82) is 0 Å². The molecule has 86 valence electrons. The number of halogens is 1. The Morgan fingerprint density at radius 2 is 2.18 bits per heavy atom. The number of nitrogens with one attached hydrogen (secondary N) is 1. The zero-order valence-electron chi connectivity index (χ0n) is 9.36. The fourth-order valence-corrected chi connectivity index (χ4v) is 1.84. The monoisotopic (exact) mass is 244 g/mol. The van der Waals surface area contributed by atoms with Crippen LogP contribution in [-0.4, -0.2) is 5.84 Å². The fourth-order valence-electron chi connectivity index (χ4n) is 1.71. The number of hydrogen-bond donors (Lipinski definition) is 1. The van der Waals surface area contributed by atoms with E-state index in [9.17, 15) is 0 Å². The fraction of sp³-hybridized carbons (Fsp3) is 0.214. The second kappa shape index (κ2) is 5.56. The van der Waals surface area contributed by atoms with E-state index in [0.717, 1.165) is 23.0 Å². The van der Waals surface area contributed by atoms with Crippen molar-refractivity contribution >= 4 is 23.1 Å². The standard InChI is InChI=1S/C14H13ClN2/c1-2-4-11-5-3-10-16-14(11)17-13-8-6-12(15)7-9-13/h1,3,6-11H,4-5H2,(H,16,17). The van der Waals surface area contributed by atoms with Gasteiger partial charge in [-0.25, -0.2) is 4.99 Å². The van der Waals surface area contributed by atoms with E-state index in [4.69, 9.17) is 18.0 Å². The molecule has 0 aliphatic carbocycles. The van der Waals surface area contributed by atoms with Crippen LogP contribution in [0.25, 0.3) is 0 Å². The Morgan fingerprint density at radius 1 is 1.41 bits per heavy atom. The van der Waals surface area contributed by atoms with Crippen LogP contribution < -0.4 is 5.32 Å². The zero-order chi connectivity index (χ0) is 12.1. The lowest BCUT2D eigenvalue weighted by Gasteiger charge is -2.19. The van der Waals surface area contributed by atoms with E-state index in [0.29, 0.717) is 6.42 Å². The van der Waals surface area contributed by atoms with Crippen molar-refractivity contribution in [3.8, 4) is 12.3 Å². The first kappa shape index (κ1) is 11.8.